The predicted octanol–water partition coefficient (Wildman–Crippen LogP) is 5.18. The van der Waals surface area contributed by atoms with E-state index < -0.39 is 18.0 Å². The number of aliphatic hydroxyl groups excluding tert-OH is 1. The normalized spacial score (nSPS) is 16.8. The Labute approximate surface area is 189 Å². The van der Waals surface area contributed by atoms with Gasteiger partial charge in [-0.25, -0.2) is 9.97 Å². The maximum Gasteiger partial charge on any atom is 0.416 e. The van der Waals surface area contributed by atoms with E-state index in [-0.39, 0.29) is 11.6 Å². The molecule has 1 aromatic heterocycles. The molecule has 0 aliphatic carbocycles. The highest BCUT2D eigenvalue weighted by atomic mass is 19.4. The second kappa shape index (κ2) is 9.30. The van der Waals surface area contributed by atoms with Gasteiger partial charge in [-0.05, 0) is 35.4 Å². The van der Waals surface area contributed by atoms with E-state index in [9.17, 15) is 18.3 Å². The smallest absolute Gasteiger partial charge is 0.370 e. The zero-order valence-electron chi connectivity index (χ0n) is 17.4. The van der Waals surface area contributed by atoms with Crippen LogP contribution in [0.4, 0.5) is 19.1 Å². The number of halogens is 3. The Bertz CT molecular complexity index is 1210. The summed E-state index contributed by atoms with van der Waals surface area (Å²) in [6, 6.07) is 16.0. The fourth-order valence-electron chi connectivity index (χ4n) is 3.50. The summed E-state index contributed by atoms with van der Waals surface area (Å²) in [5.74, 6) is 0.330. The predicted molar refractivity (Wildman–Crippen MR) is 122 cm³/mol. The van der Waals surface area contributed by atoms with Crippen molar-refractivity contribution < 1.29 is 18.3 Å². The Kier molecular flexibility index (Phi) is 6.28. The molecule has 2 heterocycles. The van der Waals surface area contributed by atoms with Crippen LogP contribution in [-0.4, -0.2) is 21.3 Å². The molecule has 168 valence electrons. The summed E-state index contributed by atoms with van der Waals surface area (Å²) in [5, 5.41) is 16.1. The maximum atomic E-state index is 13.2. The number of allylic oxidation sites excluding steroid dienone is 2. The Morgan fingerprint density at radius 3 is 2.61 bits per heavy atom. The summed E-state index contributed by atoms with van der Waals surface area (Å²) in [4.78, 5) is 8.83. The van der Waals surface area contributed by atoms with Crippen molar-refractivity contribution in [3.8, 4) is 0 Å². The molecule has 0 radical (unpaired) electrons. The summed E-state index contributed by atoms with van der Waals surface area (Å²) in [6.45, 7) is 3.87. The van der Waals surface area contributed by atoms with E-state index in [1.165, 1.54) is 12.1 Å². The van der Waals surface area contributed by atoms with Crippen LogP contribution in [-0.2, 0) is 6.18 Å². The molecule has 0 saturated carbocycles. The van der Waals surface area contributed by atoms with Crippen LogP contribution in [0.3, 0.4) is 0 Å². The van der Waals surface area contributed by atoms with Crippen molar-refractivity contribution in [1.29, 1.82) is 0 Å². The molecular formula is C25H21F3N4O. The molecular weight excluding hydrogens is 429 g/mol. The van der Waals surface area contributed by atoms with Crippen molar-refractivity contribution in [2.45, 2.75) is 18.4 Å². The van der Waals surface area contributed by atoms with E-state index in [0.717, 1.165) is 17.7 Å². The quantitative estimate of drug-likeness (QED) is 0.452. The van der Waals surface area contributed by atoms with Crippen LogP contribution in [0, 0.1) is 0 Å². The molecule has 0 amide bonds. The van der Waals surface area contributed by atoms with Gasteiger partial charge in [-0.1, -0.05) is 54.6 Å². The number of aromatic nitrogens is 2. The van der Waals surface area contributed by atoms with Crippen LogP contribution in [0.1, 0.15) is 28.4 Å². The monoisotopic (exact) mass is 450 g/mol. The number of anilines is 1. The lowest BCUT2D eigenvalue weighted by atomic mass is 9.98. The lowest BCUT2D eigenvalue weighted by Crippen LogP contribution is -2.28. The summed E-state index contributed by atoms with van der Waals surface area (Å²) in [6.07, 6.45) is 0.898. The zero-order valence-corrected chi connectivity index (χ0v) is 17.4. The van der Waals surface area contributed by atoms with Crippen LogP contribution in [0.5, 0.6) is 0 Å². The molecule has 0 saturated heterocycles. The number of dihydropyridines is 1. The molecule has 33 heavy (non-hydrogen) atoms. The number of alkyl halides is 3. The largest absolute Gasteiger partial charge is 0.416 e. The van der Waals surface area contributed by atoms with Gasteiger partial charge >= 0.3 is 6.18 Å². The standard InChI is InChI=1S/C25H21F3N4O/c1-2-20(16-7-4-3-5-8-16)30-24-29-14-13-21(31-24)19-11-12-22(33)32-23(19)17-9-6-10-18(15-17)25(26,27)28/h2-15,20,22,32-33H,1H2,(H,29,30,31)/t20-,22?/m0/s1. The fraction of sp³-hybridized carbons (Fsp3) is 0.120. The van der Waals surface area contributed by atoms with E-state index in [1.54, 1.807) is 30.5 Å². The minimum Gasteiger partial charge on any atom is -0.370 e. The van der Waals surface area contributed by atoms with Gasteiger partial charge in [0.05, 0.1) is 23.0 Å². The maximum absolute atomic E-state index is 13.2. The molecule has 2 atom stereocenters. The molecule has 1 aliphatic rings. The molecule has 0 fully saturated rings. The third kappa shape index (κ3) is 5.12. The average molecular weight is 450 g/mol. The topological polar surface area (TPSA) is 70.1 Å². The van der Waals surface area contributed by atoms with Crippen LogP contribution in [0.2, 0.25) is 0 Å². The second-order valence-electron chi connectivity index (χ2n) is 7.35. The molecule has 1 aliphatic heterocycles. The molecule has 8 heteroatoms. The minimum atomic E-state index is -4.48. The van der Waals surface area contributed by atoms with Gasteiger partial charge in [0.25, 0.3) is 0 Å². The van der Waals surface area contributed by atoms with Gasteiger partial charge in [0.15, 0.2) is 0 Å². The molecule has 4 rings (SSSR count). The van der Waals surface area contributed by atoms with Crippen LogP contribution >= 0.6 is 0 Å². The van der Waals surface area contributed by atoms with E-state index in [4.69, 9.17) is 0 Å². The Balaban J connectivity index is 1.72. The number of hydrogen-bond acceptors (Lipinski definition) is 5. The summed E-state index contributed by atoms with van der Waals surface area (Å²) in [7, 11) is 0. The molecule has 3 aromatic rings. The van der Waals surface area contributed by atoms with Crippen molar-refractivity contribution in [1.82, 2.24) is 15.3 Å². The molecule has 0 bridgehead atoms. The van der Waals surface area contributed by atoms with Crippen molar-refractivity contribution in [2.24, 2.45) is 0 Å². The Hall–Kier alpha value is -3.91. The van der Waals surface area contributed by atoms with Crippen molar-refractivity contribution >= 4 is 17.2 Å². The highest BCUT2D eigenvalue weighted by molar-refractivity contribution is 5.95. The van der Waals surface area contributed by atoms with Crippen LogP contribution in [0.25, 0.3) is 11.3 Å². The van der Waals surface area contributed by atoms with Crippen molar-refractivity contribution in [3.63, 3.8) is 0 Å². The summed E-state index contributed by atoms with van der Waals surface area (Å²) in [5.41, 5.74) is 1.83. The van der Waals surface area contributed by atoms with Crippen LogP contribution in [0.15, 0.2) is 91.7 Å². The van der Waals surface area contributed by atoms with Gasteiger partial charge in [-0.2, -0.15) is 13.2 Å². The minimum absolute atomic E-state index is 0.236. The Morgan fingerprint density at radius 1 is 1.09 bits per heavy atom. The first kappa shape index (κ1) is 22.3. The first-order chi connectivity index (χ1) is 15.8. The lowest BCUT2D eigenvalue weighted by Gasteiger charge is -2.23. The van der Waals surface area contributed by atoms with E-state index >= 15 is 0 Å². The Morgan fingerprint density at radius 2 is 1.88 bits per heavy atom. The van der Waals surface area contributed by atoms with Crippen molar-refractivity contribution in [2.75, 3.05) is 5.32 Å². The summed E-state index contributed by atoms with van der Waals surface area (Å²) >= 11 is 0. The van der Waals surface area contributed by atoms with Gasteiger partial charge in [-0.3, -0.25) is 0 Å². The van der Waals surface area contributed by atoms with Gasteiger partial charge in [0, 0.05) is 11.8 Å². The van der Waals surface area contributed by atoms with E-state index in [1.807, 2.05) is 30.3 Å². The first-order valence-corrected chi connectivity index (χ1v) is 10.2. The zero-order chi connectivity index (χ0) is 23.4. The highest BCUT2D eigenvalue weighted by Gasteiger charge is 2.31. The van der Waals surface area contributed by atoms with Gasteiger partial charge in [-0.15, -0.1) is 6.58 Å². The third-order valence-electron chi connectivity index (χ3n) is 5.10. The number of nitrogens with one attached hydrogen (secondary N) is 2. The molecule has 1 unspecified atom stereocenters. The first-order valence-electron chi connectivity index (χ1n) is 10.2. The van der Waals surface area contributed by atoms with E-state index in [0.29, 0.717) is 22.9 Å². The number of nitrogens with zero attached hydrogens (tertiary/aromatic N) is 2. The highest BCUT2D eigenvalue weighted by Crippen LogP contribution is 2.33. The molecule has 2 aromatic carbocycles. The van der Waals surface area contributed by atoms with Crippen molar-refractivity contribution in [3.05, 3.63) is 114 Å². The SMILES string of the molecule is C=C[C@H](Nc1nccc(C2=C(c3cccc(C(F)(F)F)c3)NC(O)C=C2)n1)c1ccccc1. The molecule has 5 nitrogen and oxygen atoms in total. The van der Waals surface area contributed by atoms with Crippen LogP contribution < -0.4 is 10.6 Å². The fourth-order valence-corrected chi connectivity index (χ4v) is 3.50. The van der Waals surface area contributed by atoms with Gasteiger partial charge in [0.1, 0.15) is 6.23 Å². The average Bonchev–Trinajstić information content (AvgIpc) is 2.83. The lowest BCUT2D eigenvalue weighted by molar-refractivity contribution is -0.137. The number of hydrogen-bond donors (Lipinski definition) is 3. The van der Waals surface area contributed by atoms with E-state index in [2.05, 4.69) is 27.2 Å². The second-order valence-corrected chi connectivity index (χ2v) is 7.35. The van der Waals surface area contributed by atoms with Gasteiger partial charge in [0.2, 0.25) is 5.95 Å². The number of rotatable bonds is 6. The third-order valence-corrected chi connectivity index (χ3v) is 5.10. The van der Waals surface area contributed by atoms with Gasteiger partial charge < -0.3 is 15.7 Å². The summed E-state index contributed by atoms with van der Waals surface area (Å²) < 4.78 is 39.7. The molecule has 3 N–H and O–H groups in total. The number of aliphatic hydroxyl groups is 1. The number of benzene rings is 2. The molecule has 0 spiro atoms.